The summed E-state index contributed by atoms with van der Waals surface area (Å²) in [6, 6.07) is 0. The first-order valence-corrected chi connectivity index (χ1v) is 2.89. The van der Waals surface area contributed by atoms with E-state index in [4.69, 9.17) is 0 Å². The highest BCUT2D eigenvalue weighted by Gasteiger charge is 2.02. The lowest BCUT2D eigenvalue weighted by atomic mass is 10.4. The van der Waals surface area contributed by atoms with Gasteiger partial charge in [0.2, 0.25) is 0 Å². The Morgan fingerprint density at radius 3 is 2.70 bits per heavy atom. The molecule has 4 nitrogen and oxygen atoms in total. The summed E-state index contributed by atoms with van der Waals surface area (Å²) in [5.41, 5.74) is 0. The van der Waals surface area contributed by atoms with E-state index in [-0.39, 0.29) is 18.7 Å². The fraction of sp³-hybridized carbons (Fsp3) is 0.667. The second-order valence-corrected chi connectivity index (χ2v) is 1.85. The van der Waals surface area contributed by atoms with Crippen LogP contribution in [0.5, 0.6) is 0 Å². The van der Waals surface area contributed by atoms with Crippen molar-refractivity contribution in [1.82, 2.24) is 0 Å². The molecule has 0 bridgehead atoms. The molecule has 4 heteroatoms. The van der Waals surface area contributed by atoms with Crippen LogP contribution >= 0.6 is 0 Å². The molecule has 0 aliphatic heterocycles. The van der Waals surface area contributed by atoms with E-state index in [0.717, 1.165) is 0 Å². The van der Waals surface area contributed by atoms with E-state index in [9.17, 15) is 9.59 Å². The van der Waals surface area contributed by atoms with Crippen molar-refractivity contribution in [1.29, 1.82) is 0 Å². The molecule has 0 fully saturated rings. The summed E-state index contributed by atoms with van der Waals surface area (Å²) in [5, 5.41) is 0. The zero-order valence-electron chi connectivity index (χ0n) is 5.99. The highest BCUT2D eigenvalue weighted by molar-refractivity contribution is 5.65. The van der Waals surface area contributed by atoms with Crippen molar-refractivity contribution in [3.8, 4) is 0 Å². The molecule has 0 heterocycles. The number of carbonyl (C=O) groups excluding carboxylic acids is 2. The Hall–Kier alpha value is -1.06. The average molecular weight is 146 g/mol. The summed E-state index contributed by atoms with van der Waals surface area (Å²) in [5.74, 6) is -0.374. The number of esters is 1. The van der Waals surface area contributed by atoms with Gasteiger partial charge in [-0.1, -0.05) is 0 Å². The van der Waals surface area contributed by atoms with Crippen LogP contribution in [0, 0.1) is 0 Å². The minimum absolute atomic E-state index is 0.119. The Morgan fingerprint density at radius 2 is 2.30 bits per heavy atom. The molecule has 1 atom stereocenters. The van der Waals surface area contributed by atoms with Gasteiger partial charge in [0.25, 0.3) is 6.47 Å². The van der Waals surface area contributed by atoms with Crippen LogP contribution in [0.4, 0.5) is 0 Å². The van der Waals surface area contributed by atoms with Gasteiger partial charge in [-0.3, -0.25) is 9.59 Å². The van der Waals surface area contributed by atoms with E-state index < -0.39 is 0 Å². The van der Waals surface area contributed by atoms with Gasteiger partial charge in [0.05, 0.1) is 0 Å². The molecule has 0 radical (unpaired) electrons. The summed E-state index contributed by atoms with van der Waals surface area (Å²) < 4.78 is 8.97. The average Bonchev–Trinajstić information content (AvgIpc) is 1.85. The second kappa shape index (κ2) is 4.78. The number of hydrogen-bond acceptors (Lipinski definition) is 4. The molecule has 0 aromatic rings. The molecule has 0 saturated heterocycles. The first-order valence-electron chi connectivity index (χ1n) is 2.89. The number of ether oxygens (including phenoxy) is 2. The first kappa shape index (κ1) is 8.94. The third-order valence-corrected chi connectivity index (χ3v) is 0.809. The fourth-order valence-corrected chi connectivity index (χ4v) is 0.369. The van der Waals surface area contributed by atoms with Gasteiger partial charge in [0, 0.05) is 6.92 Å². The quantitative estimate of drug-likeness (QED) is 0.417. The van der Waals surface area contributed by atoms with E-state index >= 15 is 0 Å². The molecule has 0 rings (SSSR count). The van der Waals surface area contributed by atoms with Crippen molar-refractivity contribution in [2.75, 3.05) is 6.61 Å². The van der Waals surface area contributed by atoms with Crippen LogP contribution in [-0.4, -0.2) is 25.2 Å². The van der Waals surface area contributed by atoms with Gasteiger partial charge < -0.3 is 9.47 Å². The van der Waals surface area contributed by atoms with E-state index in [2.05, 4.69) is 9.47 Å². The predicted molar refractivity (Wildman–Crippen MR) is 33.2 cm³/mol. The van der Waals surface area contributed by atoms with Crippen LogP contribution < -0.4 is 0 Å². The largest absolute Gasteiger partial charge is 0.462 e. The van der Waals surface area contributed by atoms with Crippen LogP contribution in [0.15, 0.2) is 0 Å². The number of rotatable bonds is 4. The van der Waals surface area contributed by atoms with Gasteiger partial charge in [0.15, 0.2) is 0 Å². The fourth-order valence-electron chi connectivity index (χ4n) is 0.369. The van der Waals surface area contributed by atoms with Crippen LogP contribution in [0.3, 0.4) is 0 Å². The van der Waals surface area contributed by atoms with Crippen LogP contribution in [-0.2, 0) is 19.1 Å². The minimum atomic E-state index is -0.374. The number of hydrogen-bond donors (Lipinski definition) is 0. The van der Waals surface area contributed by atoms with Gasteiger partial charge in [-0.05, 0) is 6.92 Å². The highest BCUT2D eigenvalue weighted by atomic mass is 16.6. The lowest BCUT2D eigenvalue weighted by Gasteiger charge is -2.07. The van der Waals surface area contributed by atoms with Crippen molar-refractivity contribution in [3.05, 3.63) is 0 Å². The van der Waals surface area contributed by atoms with Gasteiger partial charge in [0.1, 0.15) is 12.7 Å². The maximum absolute atomic E-state index is 10.2. The standard InChI is InChI=1S/C6H10O4/c1-5(10-4-7)3-9-6(2)8/h4-5H,3H2,1-2H3. The molecule has 10 heavy (non-hydrogen) atoms. The minimum Gasteiger partial charge on any atom is -0.462 e. The molecule has 0 amide bonds. The Kier molecular flexibility index (Phi) is 4.28. The summed E-state index contributed by atoms with van der Waals surface area (Å²) in [7, 11) is 0. The van der Waals surface area contributed by atoms with E-state index in [1.165, 1.54) is 6.92 Å². The predicted octanol–water partition coefficient (Wildman–Crippen LogP) is 0.111. The zero-order valence-corrected chi connectivity index (χ0v) is 5.99. The summed E-state index contributed by atoms with van der Waals surface area (Å²) in [4.78, 5) is 19.9. The van der Waals surface area contributed by atoms with Crippen LogP contribution in [0.2, 0.25) is 0 Å². The molecular weight excluding hydrogens is 136 g/mol. The molecule has 0 N–H and O–H groups in total. The Morgan fingerprint density at radius 1 is 1.70 bits per heavy atom. The van der Waals surface area contributed by atoms with Crippen molar-refractivity contribution in [2.24, 2.45) is 0 Å². The monoisotopic (exact) mass is 146 g/mol. The van der Waals surface area contributed by atoms with E-state index in [1.54, 1.807) is 6.92 Å². The first-order chi connectivity index (χ1) is 4.66. The second-order valence-electron chi connectivity index (χ2n) is 1.85. The van der Waals surface area contributed by atoms with Gasteiger partial charge in [-0.25, -0.2) is 0 Å². The van der Waals surface area contributed by atoms with E-state index in [0.29, 0.717) is 6.47 Å². The summed E-state index contributed by atoms with van der Waals surface area (Å²) in [6.07, 6.45) is -0.360. The topological polar surface area (TPSA) is 52.6 Å². The SMILES string of the molecule is CC(=O)OCC(C)OC=O. The highest BCUT2D eigenvalue weighted by Crippen LogP contribution is 1.88. The molecule has 58 valence electrons. The molecule has 0 aliphatic rings. The Bertz CT molecular complexity index is 121. The van der Waals surface area contributed by atoms with Crippen LogP contribution in [0.1, 0.15) is 13.8 Å². The number of carbonyl (C=O) groups is 2. The van der Waals surface area contributed by atoms with Gasteiger partial charge in [-0.15, -0.1) is 0 Å². The van der Waals surface area contributed by atoms with Crippen molar-refractivity contribution >= 4 is 12.4 Å². The molecule has 0 aromatic carbocycles. The maximum atomic E-state index is 10.2. The van der Waals surface area contributed by atoms with Crippen LogP contribution in [0.25, 0.3) is 0 Å². The van der Waals surface area contributed by atoms with Gasteiger partial charge >= 0.3 is 5.97 Å². The molecule has 0 saturated carbocycles. The maximum Gasteiger partial charge on any atom is 0.302 e. The Labute approximate surface area is 59.1 Å². The Balaban J connectivity index is 3.29. The van der Waals surface area contributed by atoms with Gasteiger partial charge in [-0.2, -0.15) is 0 Å². The normalized spacial score (nSPS) is 11.8. The molecule has 0 spiro atoms. The summed E-state index contributed by atoms with van der Waals surface area (Å²) >= 11 is 0. The lowest BCUT2D eigenvalue weighted by Crippen LogP contribution is -2.16. The zero-order chi connectivity index (χ0) is 7.98. The lowest BCUT2D eigenvalue weighted by molar-refractivity contribution is -0.149. The molecule has 1 unspecified atom stereocenters. The van der Waals surface area contributed by atoms with E-state index in [1.807, 2.05) is 0 Å². The summed E-state index contributed by atoms with van der Waals surface area (Å²) in [6.45, 7) is 3.38. The van der Waals surface area contributed by atoms with Crippen molar-refractivity contribution < 1.29 is 19.1 Å². The van der Waals surface area contributed by atoms with Crippen molar-refractivity contribution in [3.63, 3.8) is 0 Å². The molecular formula is C6H10O4. The molecule has 0 aromatic heterocycles. The molecule has 0 aliphatic carbocycles. The third-order valence-electron chi connectivity index (χ3n) is 0.809. The van der Waals surface area contributed by atoms with Crippen molar-refractivity contribution in [2.45, 2.75) is 20.0 Å². The third kappa shape index (κ3) is 5.08. The smallest absolute Gasteiger partial charge is 0.302 e.